The molecule has 162 valence electrons. The van der Waals surface area contributed by atoms with Crippen LogP contribution in [-0.2, 0) is 10.0 Å². The molecule has 1 aliphatic rings. The van der Waals surface area contributed by atoms with Gasteiger partial charge in [-0.3, -0.25) is 9.52 Å². The Bertz CT molecular complexity index is 1220. The van der Waals surface area contributed by atoms with Crippen LogP contribution >= 0.6 is 11.3 Å². The molecule has 0 spiro atoms. The molecule has 1 aliphatic heterocycles. The number of ether oxygens (including phenoxy) is 2. The van der Waals surface area contributed by atoms with Crippen LogP contribution in [0.25, 0.3) is 10.4 Å². The summed E-state index contributed by atoms with van der Waals surface area (Å²) in [6, 6.07) is 16.1. The SMILES string of the molecule is CC(NC(=O)c1ccc(-c2ccc3c(c2)OCCO3)s1)c1cccc(NS(C)(=O)=O)c1. The van der Waals surface area contributed by atoms with Gasteiger partial charge in [0.05, 0.1) is 17.2 Å². The topological polar surface area (TPSA) is 93.7 Å². The van der Waals surface area contributed by atoms with Crippen LogP contribution in [0.15, 0.2) is 54.6 Å². The predicted octanol–water partition coefficient (Wildman–Crippen LogP) is 4.05. The van der Waals surface area contributed by atoms with Crippen LogP contribution in [-0.4, -0.2) is 33.8 Å². The number of thiophene rings is 1. The largest absolute Gasteiger partial charge is 0.486 e. The van der Waals surface area contributed by atoms with E-state index in [-0.39, 0.29) is 11.9 Å². The highest BCUT2D eigenvalue weighted by Gasteiger charge is 2.17. The maximum atomic E-state index is 12.8. The van der Waals surface area contributed by atoms with E-state index >= 15 is 0 Å². The quantitative estimate of drug-likeness (QED) is 0.581. The normalized spacial score (nSPS) is 14.0. The summed E-state index contributed by atoms with van der Waals surface area (Å²) in [6.07, 6.45) is 1.10. The summed E-state index contributed by atoms with van der Waals surface area (Å²) in [5.41, 5.74) is 2.21. The van der Waals surface area contributed by atoms with Crippen molar-refractivity contribution in [1.29, 1.82) is 0 Å². The minimum atomic E-state index is -3.37. The van der Waals surface area contributed by atoms with Gasteiger partial charge in [-0.05, 0) is 60.5 Å². The van der Waals surface area contributed by atoms with Crippen LogP contribution in [0.2, 0.25) is 0 Å². The molecular weight excluding hydrogens is 436 g/mol. The average Bonchev–Trinajstić information content (AvgIpc) is 3.23. The first-order valence-corrected chi connectivity index (χ1v) is 12.4. The summed E-state index contributed by atoms with van der Waals surface area (Å²) in [5.74, 6) is 1.24. The number of hydrogen-bond acceptors (Lipinski definition) is 6. The Morgan fingerprint density at radius 3 is 2.58 bits per heavy atom. The standard InChI is InChI=1S/C22H22N2O5S2/c1-14(15-4-3-5-17(12-15)24-31(2,26)27)23-22(25)21-9-8-20(30-21)16-6-7-18-19(13-16)29-11-10-28-18/h3-9,12-14,24H,10-11H2,1-2H3,(H,23,25). The molecular formula is C22H22N2O5S2. The van der Waals surface area contributed by atoms with Crippen LogP contribution in [0.1, 0.15) is 28.2 Å². The summed E-state index contributed by atoms with van der Waals surface area (Å²) >= 11 is 1.39. The van der Waals surface area contributed by atoms with Gasteiger partial charge in [-0.15, -0.1) is 11.3 Å². The van der Waals surface area contributed by atoms with Gasteiger partial charge in [-0.25, -0.2) is 8.42 Å². The summed E-state index contributed by atoms with van der Waals surface area (Å²) < 4.78 is 36.5. The molecule has 0 saturated carbocycles. The maximum absolute atomic E-state index is 12.8. The van der Waals surface area contributed by atoms with Gasteiger partial charge in [0, 0.05) is 10.6 Å². The van der Waals surface area contributed by atoms with Crippen molar-refractivity contribution in [2.45, 2.75) is 13.0 Å². The van der Waals surface area contributed by atoms with E-state index < -0.39 is 10.0 Å². The number of amides is 1. The van der Waals surface area contributed by atoms with Crippen molar-refractivity contribution in [2.75, 3.05) is 24.2 Å². The van der Waals surface area contributed by atoms with Crippen LogP contribution < -0.4 is 19.5 Å². The van der Waals surface area contributed by atoms with Gasteiger partial charge < -0.3 is 14.8 Å². The monoisotopic (exact) mass is 458 g/mol. The first kappa shape index (κ1) is 21.2. The first-order chi connectivity index (χ1) is 14.8. The van der Waals surface area contributed by atoms with Crippen molar-refractivity contribution in [3.63, 3.8) is 0 Å². The Balaban J connectivity index is 1.46. The smallest absolute Gasteiger partial charge is 0.261 e. The predicted molar refractivity (Wildman–Crippen MR) is 122 cm³/mol. The van der Waals surface area contributed by atoms with Gasteiger partial charge in [0.15, 0.2) is 11.5 Å². The molecule has 2 aromatic carbocycles. The number of carbonyl (C=O) groups excluding carboxylic acids is 1. The molecule has 1 unspecified atom stereocenters. The molecule has 2 N–H and O–H groups in total. The zero-order valence-corrected chi connectivity index (χ0v) is 18.7. The van der Waals surface area contributed by atoms with Gasteiger partial charge in [-0.2, -0.15) is 0 Å². The molecule has 2 heterocycles. The summed E-state index contributed by atoms with van der Waals surface area (Å²) in [7, 11) is -3.37. The van der Waals surface area contributed by atoms with Gasteiger partial charge >= 0.3 is 0 Å². The molecule has 7 nitrogen and oxygen atoms in total. The molecule has 0 fully saturated rings. The van der Waals surface area contributed by atoms with Gasteiger partial charge in [0.2, 0.25) is 10.0 Å². The molecule has 0 bridgehead atoms. The number of carbonyl (C=O) groups is 1. The highest BCUT2D eigenvalue weighted by Crippen LogP contribution is 2.37. The summed E-state index contributed by atoms with van der Waals surface area (Å²) in [4.78, 5) is 14.3. The zero-order valence-electron chi connectivity index (χ0n) is 17.0. The fourth-order valence-electron chi connectivity index (χ4n) is 3.25. The number of hydrogen-bond donors (Lipinski definition) is 2. The van der Waals surface area contributed by atoms with Crippen molar-refractivity contribution in [3.8, 4) is 21.9 Å². The fourth-order valence-corrected chi connectivity index (χ4v) is 4.71. The Labute approximate surface area is 185 Å². The van der Waals surface area contributed by atoms with Gasteiger partial charge in [-0.1, -0.05) is 12.1 Å². The van der Waals surface area contributed by atoms with Crippen molar-refractivity contribution in [1.82, 2.24) is 5.32 Å². The first-order valence-electron chi connectivity index (χ1n) is 9.67. The number of sulfonamides is 1. The Morgan fingerprint density at radius 2 is 1.81 bits per heavy atom. The lowest BCUT2D eigenvalue weighted by molar-refractivity contribution is 0.0944. The van der Waals surface area contributed by atoms with Crippen molar-refractivity contribution < 1.29 is 22.7 Å². The molecule has 0 aliphatic carbocycles. The van der Waals surface area contributed by atoms with E-state index in [9.17, 15) is 13.2 Å². The second-order valence-electron chi connectivity index (χ2n) is 7.22. The van der Waals surface area contributed by atoms with Gasteiger partial charge in [0.1, 0.15) is 13.2 Å². The van der Waals surface area contributed by atoms with E-state index in [1.807, 2.05) is 37.3 Å². The Morgan fingerprint density at radius 1 is 1.03 bits per heavy atom. The Hall–Kier alpha value is -3.04. The number of anilines is 1. The van der Waals surface area contributed by atoms with Crippen LogP contribution in [0, 0.1) is 0 Å². The summed E-state index contributed by atoms with van der Waals surface area (Å²) in [5, 5.41) is 2.97. The van der Waals surface area contributed by atoms with E-state index in [0.717, 1.165) is 28.0 Å². The van der Waals surface area contributed by atoms with E-state index in [2.05, 4.69) is 10.0 Å². The lowest BCUT2D eigenvalue weighted by Crippen LogP contribution is -2.26. The lowest BCUT2D eigenvalue weighted by atomic mass is 10.1. The number of benzene rings is 2. The van der Waals surface area contributed by atoms with E-state index in [1.54, 1.807) is 24.3 Å². The molecule has 1 amide bonds. The highest BCUT2D eigenvalue weighted by atomic mass is 32.2. The van der Waals surface area contributed by atoms with Gasteiger partial charge in [0.25, 0.3) is 5.91 Å². The summed E-state index contributed by atoms with van der Waals surface area (Å²) in [6.45, 7) is 2.92. The average molecular weight is 459 g/mol. The second kappa shape index (κ2) is 8.60. The zero-order chi connectivity index (χ0) is 22.0. The number of rotatable bonds is 6. The van der Waals surface area contributed by atoms with Crippen LogP contribution in [0.5, 0.6) is 11.5 Å². The molecule has 1 atom stereocenters. The number of nitrogens with one attached hydrogen (secondary N) is 2. The third kappa shape index (κ3) is 5.18. The maximum Gasteiger partial charge on any atom is 0.261 e. The van der Waals surface area contributed by atoms with E-state index in [0.29, 0.717) is 29.5 Å². The van der Waals surface area contributed by atoms with Crippen LogP contribution in [0.3, 0.4) is 0 Å². The Kier molecular flexibility index (Phi) is 5.88. The third-order valence-corrected chi connectivity index (χ3v) is 6.43. The minimum Gasteiger partial charge on any atom is -0.486 e. The van der Waals surface area contributed by atoms with Crippen LogP contribution in [0.4, 0.5) is 5.69 Å². The van der Waals surface area contributed by atoms with Crippen molar-refractivity contribution in [2.24, 2.45) is 0 Å². The van der Waals surface area contributed by atoms with E-state index in [1.165, 1.54) is 11.3 Å². The van der Waals surface area contributed by atoms with Crippen molar-refractivity contribution >= 4 is 33.0 Å². The molecule has 3 aromatic rings. The lowest BCUT2D eigenvalue weighted by Gasteiger charge is -2.18. The molecule has 31 heavy (non-hydrogen) atoms. The third-order valence-electron chi connectivity index (χ3n) is 4.69. The fraction of sp³-hybridized carbons (Fsp3) is 0.227. The van der Waals surface area contributed by atoms with E-state index in [4.69, 9.17) is 9.47 Å². The molecule has 0 radical (unpaired) electrons. The highest BCUT2D eigenvalue weighted by molar-refractivity contribution is 7.92. The molecule has 4 rings (SSSR count). The minimum absolute atomic E-state index is 0.192. The number of fused-ring (bicyclic) bond motifs is 1. The molecule has 9 heteroatoms. The molecule has 0 saturated heterocycles. The second-order valence-corrected chi connectivity index (χ2v) is 10.0. The molecule has 1 aromatic heterocycles. The van der Waals surface area contributed by atoms with Crippen molar-refractivity contribution in [3.05, 3.63) is 65.0 Å².